The van der Waals surface area contributed by atoms with Crippen molar-refractivity contribution in [1.29, 1.82) is 0 Å². The normalized spacial score (nSPS) is 18.8. The van der Waals surface area contributed by atoms with Gasteiger partial charge in [-0.3, -0.25) is 9.59 Å². The summed E-state index contributed by atoms with van der Waals surface area (Å²) in [6.45, 7) is 2.05. The number of rotatable bonds is 5. The molecule has 0 aromatic carbocycles. The minimum atomic E-state index is -1.17. The first-order valence-electron chi connectivity index (χ1n) is 9.22. The van der Waals surface area contributed by atoms with E-state index in [0.717, 1.165) is 12.8 Å². The van der Waals surface area contributed by atoms with Crippen molar-refractivity contribution < 1.29 is 19.5 Å². The second kappa shape index (κ2) is 8.29. The third-order valence-corrected chi connectivity index (χ3v) is 5.23. The number of piperazine rings is 1. The molecule has 2 amide bonds. The summed E-state index contributed by atoms with van der Waals surface area (Å²) in [5.74, 6) is -0.599. The van der Waals surface area contributed by atoms with E-state index in [-0.39, 0.29) is 24.1 Å². The minimum absolute atomic E-state index is 0.0453. The predicted molar refractivity (Wildman–Crippen MR) is 91.3 cm³/mol. The smallest absolute Gasteiger partial charge is 0.358 e. The van der Waals surface area contributed by atoms with Gasteiger partial charge in [0.05, 0.1) is 6.20 Å². The topological polar surface area (TPSA) is 109 Å². The molecule has 2 aliphatic rings. The van der Waals surface area contributed by atoms with Gasteiger partial charge in [0.15, 0.2) is 5.69 Å². The van der Waals surface area contributed by atoms with Crippen molar-refractivity contribution in [3.05, 3.63) is 11.9 Å². The fourth-order valence-corrected chi connectivity index (χ4v) is 3.68. The van der Waals surface area contributed by atoms with Crippen molar-refractivity contribution >= 4 is 17.8 Å². The van der Waals surface area contributed by atoms with Gasteiger partial charge >= 0.3 is 5.97 Å². The molecule has 3 rings (SSSR count). The molecule has 9 nitrogen and oxygen atoms in total. The van der Waals surface area contributed by atoms with Gasteiger partial charge in [0.25, 0.3) is 0 Å². The molecule has 2 heterocycles. The summed E-state index contributed by atoms with van der Waals surface area (Å²) >= 11 is 0. The Balaban J connectivity index is 1.44. The highest BCUT2D eigenvalue weighted by Crippen LogP contribution is 2.27. The van der Waals surface area contributed by atoms with Crippen LogP contribution in [0.4, 0.5) is 0 Å². The maximum Gasteiger partial charge on any atom is 0.358 e. The van der Waals surface area contributed by atoms with Gasteiger partial charge in [0.2, 0.25) is 11.8 Å². The lowest BCUT2D eigenvalue weighted by molar-refractivity contribution is -0.140. The zero-order valence-electron chi connectivity index (χ0n) is 14.8. The number of carboxylic acids is 1. The van der Waals surface area contributed by atoms with Gasteiger partial charge in [-0.05, 0) is 18.8 Å². The Morgan fingerprint density at radius 2 is 1.62 bits per heavy atom. The van der Waals surface area contributed by atoms with Gasteiger partial charge in [0, 0.05) is 32.6 Å². The van der Waals surface area contributed by atoms with E-state index < -0.39 is 5.97 Å². The standard InChI is InChI=1S/C17H25N5O4/c23-15(10-13-4-2-1-3-5-13)20-6-8-21(9-7-20)16(24)12-22-11-14(17(25)26)18-19-22/h11,13H,1-10,12H2,(H,25,26). The van der Waals surface area contributed by atoms with E-state index in [2.05, 4.69) is 10.3 Å². The van der Waals surface area contributed by atoms with Gasteiger partial charge in [-0.25, -0.2) is 9.48 Å². The summed E-state index contributed by atoms with van der Waals surface area (Å²) in [6, 6.07) is 0. The molecule has 1 aromatic heterocycles. The molecule has 2 fully saturated rings. The zero-order valence-corrected chi connectivity index (χ0v) is 14.8. The second-order valence-electron chi connectivity index (χ2n) is 7.08. The SMILES string of the molecule is O=C(O)c1cn(CC(=O)N2CCN(C(=O)CC3CCCCC3)CC2)nn1. The summed E-state index contributed by atoms with van der Waals surface area (Å²) in [5.41, 5.74) is -0.184. The Kier molecular flexibility index (Phi) is 5.85. The van der Waals surface area contributed by atoms with E-state index >= 15 is 0 Å². The van der Waals surface area contributed by atoms with Gasteiger partial charge in [-0.15, -0.1) is 5.10 Å². The van der Waals surface area contributed by atoms with Crippen molar-refractivity contribution in [2.24, 2.45) is 5.92 Å². The first kappa shape index (κ1) is 18.3. The first-order chi connectivity index (χ1) is 12.5. The number of aromatic carboxylic acids is 1. The number of carboxylic acid groups (broad SMARTS) is 1. The van der Waals surface area contributed by atoms with Crippen LogP contribution in [0, 0.1) is 5.92 Å². The van der Waals surface area contributed by atoms with Gasteiger partial charge in [0.1, 0.15) is 6.54 Å². The molecule has 0 radical (unpaired) electrons. The quantitative estimate of drug-likeness (QED) is 0.821. The van der Waals surface area contributed by atoms with E-state index in [9.17, 15) is 14.4 Å². The summed E-state index contributed by atoms with van der Waals surface area (Å²) in [6.07, 6.45) is 7.92. The highest BCUT2D eigenvalue weighted by Gasteiger charge is 2.26. The number of carbonyl (C=O) groups excluding carboxylic acids is 2. The average molecular weight is 363 g/mol. The number of hydrogen-bond acceptors (Lipinski definition) is 5. The summed E-state index contributed by atoms with van der Waals surface area (Å²) in [7, 11) is 0. The lowest BCUT2D eigenvalue weighted by atomic mass is 9.86. The maximum absolute atomic E-state index is 12.4. The Hall–Kier alpha value is -2.45. The molecular weight excluding hydrogens is 338 g/mol. The molecule has 26 heavy (non-hydrogen) atoms. The average Bonchev–Trinajstić information content (AvgIpc) is 3.11. The van der Waals surface area contributed by atoms with Gasteiger partial charge in [-0.1, -0.05) is 24.5 Å². The Morgan fingerprint density at radius 1 is 1.00 bits per heavy atom. The number of hydrogen-bond donors (Lipinski definition) is 1. The van der Waals surface area contributed by atoms with E-state index in [1.165, 1.54) is 30.1 Å². The van der Waals surface area contributed by atoms with E-state index in [1.54, 1.807) is 4.90 Å². The van der Waals surface area contributed by atoms with Crippen LogP contribution in [-0.2, 0) is 16.1 Å². The highest BCUT2D eigenvalue weighted by atomic mass is 16.4. The summed E-state index contributed by atoms with van der Waals surface area (Å²) in [5, 5.41) is 16.0. The van der Waals surface area contributed by atoms with Gasteiger partial charge < -0.3 is 14.9 Å². The van der Waals surface area contributed by atoms with Crippen molar-refractivity contribution in [2.45, 2.75) is 45.1 Å². The van der Waals surface area contributed by atoms with Crippen LogP contribution >= 0.6 is 0 Å². The molecule has 1 saturated carbocycles. The molecule has 0 unspecified atom stereocenters. The third kappa shape index (κ3) is 4.59. The van der Waals surface area contributed by atoms with E-state index in [0.29, 0.717) is 38.5 Å². The van der Waals surface area contributed by atoms with Crippen LogP contribution in [0.5, 0.6) is 0 Å². The monoisotopic (exact) mass is 363 g/mol. The molecule has 9 heteroatoms. The highest BCUT2D eigenvalue weighted by molar-refractivity contribution is 5.85. The zero-order chi connectivity index (χ0) is 18.5. The molecule has 1 N–H and O–H groups in total. The van der Waals surface area contributed by atoms with E-state index in [4.69, 9.17) is 5.11 Å². The fraction of sp³-hybridized carbons (Fsp3) is 0.706. The fourth-order valence-electron chi connectivity index (χ4n) is 3.68. The van der Waals surface area contributed by atoms with Crippen molar-refractivity contribution in [1.82, 2.24) is 24.8 Å². The number of amides is 2. The summed E-state index contributed by atoms with van der Waals surface area (Å²) in [4.78, 5) is 39.1. The van der Waals surface area contributed by atoms with Crippen molar-refractivity contribution in [3.63, 3.8) is 0 Å². The maximum atomic E-state index is 12.4. The second-order valence-corrected chi connectivity index (χ2v) is 7.08. The molecule has 0 atom stereocenters. The van der Waals surface area contributed by atoms with Gasteiger partial charge in [-0.2, -0.15) is 0 Å². The van der Waals surface area contributed by atoms with Crippen LogP contribution in [0.3, 0.4) is 0 Å². The van der Waals surface area contributed by atoms with Crippen LogP contribution in [0.25, 0.3) is 0 Å². The van der Waals surface area contributed by atoms with Crippen LogP contribution in [0.15, 0.2) is 6.20 Å². The Morgan fingerprint density at radius 3 is 2.19 bits per heavy atom. The molecule has 1 aliphatic heterocycles. The molecule has 0 bridgehead atoms. The molecule has 1 aromatic rings. The van der Waals surface area contributed by atoms with Crippen LogP contribution in [0.1, 0.15) is 49.0 Å². The van der Waals surface area contributed by atoms with Crippen LogP contribution < -0.4 is 0 Å². The van der Waals surface area contributed by atoms with Crippen molar-refractivity contribution in [2.75, 3.05) is 26.2 Å². The Bertz CT molecular complexity index is 660. The minimum Gasteiger partial charge on any atom is -0.476 e. The molecule has 1 aliphatic carbocycles. The van der Waals surface area contributed by atoms with Crippen LogP contribution in [-0.4, -0.2) is 73.9 Å². The van der Waals surface area contributed by atoms with Crippen LogP contribution in [0.2, 0.25) is 0 Å². The molecule has 142 valence electrons. The Labute approximate surface area is 151 Å². The lowest BCUT2D eigenvalue weighted by Crippen LogP contribution is -2.51. The largest absolute Gasteiger partial charge is 0.476 e. The third-order valence-electron chi connectivity index (χ3n) is 5.23. The molecular formula is C17H25N5O4. The predicted octanol–water partition coefficient (Wildman–Crippen LogP) is 0.617. The lowest BCUT2D eigenvalue weighted by Gasteiger charge is -2.35. The first-order valence-corrected chi connectivity index (χ1v) is 9.22. The van der Waals surface area contributed by atoms with E-state index in [1.807, 2.05) is 4.90 Å². The number of nitrogens with zero attached hydrogens (tertiary/aromatic N) is 5. The number of aromatic nitrogens is 3. The molecule has 1 saturated heterocycles. The summed E-state index contributed by atoms with van der Waals surface area (Å²) < 4.78 is 1.23. The number of carbonyl (C=O) groups is 3. The molecule has 0 spiro atoms. The van der Waals surface area contributed by atoms with Crippen molar-refractivity contribution in [3.8, 4) is 0 Å².